The zero-order chi connectivity index (χ0) is 17.6. The Morgan fingerprint density at radius 3 is 2.60 bits per heavy atom. The van der Waals surface area contributed by atoms with Gasteiger partial charge in [-0.3, -0.25) is 14.6 Å². The number of hydrogen-bond donors (Lipinski definition) is 1. The summed E-state index contributed by atoms with van der Waals surface area (Å²) in [6.07, 6.45) is 5.23. The molecule has 1 aliphatic heterocycles. The molecule has 0 atom stereocenters. The molecule has 3 rings (SSSR count). The third kappa shape index (κ3) is 4.44. The molecule has 2 heterocycles. The molecular weight excluding hydrogens is 314 g/mol. The highest BCUT2D eigenvalue weighted by atomic mass is 16.2. The number of aryl methyl sites for hydroxylation is 1. The summed E-state index contributed by atoms with van der Waals surface area (Å²) in [5.41, 5.74) is 2.81. The molecule has 5 heteroatoms. The van der Waals surface area contributed by atoms with E-state index in [-0.39, 0.29) is 17.9 Å². The van der Waals surface area contributed by atoms with Gasteiger partial charge in [-0.25, -0.2) is 0 Å². The van der Waals surface area contributed by atoms with Crippen molar-refractivity contribution >= 4 is 11.8 Å². The predicted molar refractivity (Wildman–Crippen MR) is 96.2 cm³/mol. The van der Waals surface area contributed by atoms with Gasteiger partial charge in [0, 0.05) is 31.5 Å². The highest BCUT2D eigenvalue weighted by Gasteiger charge is 2.24. The van der Waals surface area contributed by atoms with Crippen LogP contribution < -0.4 is 5.32 Å². The van der Waals surface area contributed by atoms with Crippen LogP contribution in [0.3, 0.4) is 0 Å². The van der Waals surface area contributed by atoms with Gasteiger partial charge < -0.3 is 10.2 Å². The van der Waals surface area contributed by atoms with E-state index in [1.54, 1.807) is 24.5 Å². The predicted octanol–water partition coefficient (Wildman–Crippen LogP) is 2.35. The molecular formula is C20H23N3O2. The second kappa shape index (κ2) is 7.92. The number of benzene rings is 1. The molecule has 0 unspecified atom stereocenters. The number of pyridine rings is 1. The maximum Gasteiger partial charge on any atom is 0.255 e. The van der Waals surface area contributed by atoms with Crippen molar-refractivity contribution in [2.45, 2.75) is 32.2 Å². The maximum atomic E-state index is 12.4. The Hall–Kier alpha value is -2.69. The van der Waals surface area contributed by atoms with E-state index in [4.69, 9.17) is 0 Å². The Morgan fingerprint density at radius 2 is 1.92 bits per heavy atom. The minimum absolute atomic E-state index is 0.0118. The Bertz CT molecular complexity index is 738. The van der Waals surface area contributed by atoms with E-state index < -0.39 is 0 Å². The Kier molecular flexibility index (Phi) is 5.43. The minimum Gasteiger partial charge on any atom is -0.353 e. The van der Waals surface area contributed by atoms with Gasteiger partial charge in [-0.2, -0.15) is 0 Å². The lowest BCUT2D eigenvalue weighted by atomic mass is 10.0. The van der Waals surface area contributed by atoms with Crippen LogP contribution in [-0.2, 0) is 11.2 Å². The third-order valence-corrected chi connectivity index (χ3v) is 4.67. The molecule has 5 nitrogen and oxygen atoms in total. The molecule has 1 aromatic carbocycles. The molecule has 0 spiro atoms. The SMILES string of the molecule is Cc1ccccc1CC(=O)NC1CCN(C(=O)c2cccnc2)CC1. The lowest BCUT2D eigenvalue weighted by Gasteiger charge is -2.32. The standard InChI is InChI=1S/C20H23N3O2/c1-15-5-2-3-6-16(15)13-19(24)22-18-8-11-23(12-9-18)20(25)17-7-4-10-21-14-17/h2-7,10,14,18H,8-9,11-13H2,1H3,(H,22,24). The fourth-order valence-corrected chi connectivity index (χ4v) is 3.16. The molecule has 2 amide bonds. The second-order valence-corrected chi connectivity index (χ2v) is 6.48. The molecule has 1 aliphatic rings. The first kappa shape index (κ1) is 17.1. The van der Waals surface area contributed by atoms with Crippen LogP contribution in [0.1, 0.15) is 34.3 Å². The fraction of sp³-hybridized carbons (Fsp3) is 0.350. The van der Waals surface area contributed by atoms with E-state index in [2.05, 4.69) is 10.3 Å². The van der Waals surface area contributed by atoms with Crippen molar-refractivity contribution in [1.82, 2.24) is 15.2 Å². The summed E-state index contributed by atoms with van der Waals surface area (Å²) < 4.78 is 0. The number of nitrogens with zero attached hydrogens (tertiary/aromatic N) is 2. The molecule has 25 heavy (non-hydrogen) atoms. The number of likely N-dealkylation sites (tertiary alicyclic amines) is 1. The van der Waals surface area contributed by atoms with Gasteiger partial charge in [0.25, 0.3) is 5.91 Å². The Morgan fingerprint density at radius 1 is 1.16 bits per heavy atom. The normalized spacial score (nSPS) is 15.0. The quantitative estimate of drug-likeness (QED) is 0.931. The van der Waals surface area contributed by atoms with Crippen molar-refractivity contribution in [3.8, 4) is 0 Å². The van der Waals surface area contributed by atoms with Crippen molar-refractivity contribution in [3.63, 3.8) is 0 Å². The van der Waals surface area contributed by atoms with Gasteiger partial charge in [0.2, 0.25) is 5.91 Å². The molecule has 1 aromatic heterocycles. The molecule has 1 saturated heterocycles. The highest BCUT2D eigenvalue weighted by molar-refractivity contribution is 5.93. The van der Waals surface area contributed by atoms with Crippen LogP contribution in [0.25, 0.3) is 0 Å². The van der Waals surface area contributed by atoms with Crippen LogP contribution in [0.4, 0.5) is 0 Å². The highest BCUT2D eigenvalue weighted by Crippen LogP contribution is 2.14. The third-order valence-electron chi connectivity index (χ3n) is 4.67. The number of carbonyl (C=O) groups is 2. The average molecular weight is 337 g/mol. The van der Waals surface area contributed by atoms with Gasteiger partial charge in [0.1, 0.15) is 0 Å². The van der Waals surface area contributed by atoms with Crippen LogP contribution in [0.5, 0.6) is 0 Å². The molecule has 130 valence electrons. The molecule has 0 radical (unpaired) electrons. The molecule has 0 aliphatic carbocycles. The fourth-order valence-electron chi connectivity index (χ4n) is 3.16. The van der Waals surface area contributed by atoms with E-state index >= 15 is 0 Å². The van der Waals surface area contributed by atoms with E-state index in [9.17, 15) is 9.59 Å². The number of hydrogen-bond acceptors (Lipinski definition) is 3. The van der Waals surface area contributed by atoms with E-state index in [0.717, 1.165) is 24.0 Å². The van der Waals surface area contributed by atoms with Crippen LogP contribution >= 0.6 is 0 Å². The van der Waals surface area contributed by atoms with Crippen molar-refractivity contribution in [2.24, 2.45) is 0 Å². The number of nitrogens with one attached hydrogen (secondary N) is 1. The number of aromatic nitrogens is 1. The van der Waals surface area contributed by atoms with E-state index in [0.29, 0.717) is 25.1 Å². The summed E-state index contributed by atoms with van der Waals surface area (Å²) in [6, 6.07) is 11.6. The summed E-state index contributed by atoms with van der Waals surface area (Å²) >= 11 is 0. The zero-order valence-corrected chi connectivity index (χ0v) is 14.4. The number of carbonyl (C=O) groups excluding carboxylic acids is 2. The number of piperidine rings is 1. The van der Waals surface area contributed by atoms with Crippen LogP contribution in [-0.4, -0.2) is 40.8 Å². The van der Waals surface area contributed by atoms with Gasteiger partial charge in [-0.1, -0.05) is 24.3 Å². The largest absolute Gasteiger partial charge is 0.353 e. The van der Waals surface area contributed by atoms with Gasteiger partial charge in [-0.05, 0) is 43.0 Å². The smallest absolute Gasteiger partial charge is 0.255 e. The summed E-state index contributed by atoms with van der Waals surface area (Å²) in [5, 5.41) is 3.10. The lowest BCUT2D eigenvalue weighted by Crippen LogP contribution is -2.46. The molecule has 1 fully saturated rings. The Balaban J connectivity index is 1.48. The minimum atomic E-state index is 0.0118. The molecule has 0 bridgehead atoms. The monoisotopic (exact) mass is 337 g/mol. The number of amides is 2. The van der Waals surface area contributed by atoms with Crippen molar-refractivity contribution in [1.29, 1.82) is 0 Å². The zero-order valence-electron chi connectivity index (χ0n) is 14.4. The van der Waals surface area contributed by atoms with Gasteiger partial charge in [0.15, 0.2) is 0 Å². The maximum absolute atomic E-state index is 12.4. The molecule has 1 N–H and O–H groups in total. The average Bonchev–Trinajstić information content (AvgIpc) is 2.64. The summed E-state index contributed by atoms with van der Waals surface area (Å²) in [4.78, 5) is 30.5. The summed E-state index contributed by atoms with van der Waals surface area (Å²) in [6.45, 7) is 3.33. The van der Waals surface area contributed by atoms with Gasteiger partial charge in [-0.15, -0.1) is 0 Å². The first-order valence-electron chi connectivity index (χ1n) is 8.66. The van der Waals surface area contributed by atoms with Crippen LogP contribution in [0, 0.1) is 6.92 Å². The van der Waals surface area contributed by atoms with Crippen LogP contribution in [0.2, 0.25) is 0 Å². The first-order valence-corrected chi connectivity index (χ1v) is 8.66. The van der Waals surface area contributed by atoms with Gasteiger partial charge >= 0.3 is 0 Å². The Labute approximate surface area is 148 Å². The lowest BCUT2D eigenvalue weighted by molar-refractivity contribution is -0.121. The molecule has 0 saturated carbocycles. The van der Waals surface area contributed by atoms with E-state index in [1.165, 1.54) is 0 Å². The van der Waals surface area contributed by atoms with Crippen LogP contribution in [0.15, 0.2) is 48.8 Å². The molecule has 2 aromatic rings. The van der Waals surface area contributed by atoms with E-state index in [1.807, 2.05) is 36.1 Å². The summed E-state index contributed by atoms with van der Waals surface area (Å²) in [5.74, 6) is 0.0594. The van der Waals surface area contributed by atoms with Gasteiger partial charge in [0.05, 0.1) is 12.0 Å². The van der Waals surface area contributed by atoms with Crippen molar-refractivity contribution in [3.05, 3.63) is 65.5 Å². The first-order chi connectivity index (χ1) is 12.1. The van der Waals surface area contributed by atoms with Crippen molar-refractivity contribution in [2.75, 3.05) is 13.1 Å². The number of rotatable bonds is 4. The summed E-state index contributed by atoms with van der Waals surface area (Å²) in [7, 11) is 0. The topological polar surface area (TPSA) is 62.3 Å². The second-order valence-electron chi connectivity index (χ2n) is 6.48. The van der Waals surface area contributed by atoms with Crippen molar-refractivity contribution < 1.29 is 9.59 Å².